The molecule has 0 fully saturated rings. The van der Waals surface area contributed by atoms with Crippen LogP contribution < -0.4 is 9.47 Å². The Labute approximate surface area is 109 Å². The molecule has 2 rings (SSSR count). The zero-order valence-corrected chi connectivity index (χ0v) is 11.4. The normalized spacial score (nSPS) is 11.8. The predicted octanol–water partition coefficient (Wildman–Crippen LogP) is 3.31. The Morgan fingerprint density at radius 3 is 2.50 bits per heavy atom. The van der Waals surface area contributed by atoms with Crippen LogP contribution in [0.2, 0.25) is 0 Å². The van der Waals surface area contributed by atoms with Gasteiger partial charge >= 0.3 is 0 Å². The van der Waals surface area contributed by atoms with Gasteiger partial charge in [-0.05, 0) is 24.4 Å². The maximum absolute atomic E-state index is 8.69. The van der Waals surface area contributed by atoms with Gasteiger partial charge in [0.1, 0.15) is 0 Å². The summed E-state index contributed by atoms with van der Waals surface area (Å²) >= 11 is 1.66. The van der Waals surface area contributed by atoms with Crippen molar-refractivity contribution in [2.24, 2.45) is 5.16 Å². The van der Waals surface area contributed by atoms with Crippen molar-refractivity contribution in [1.29, 1.82) is 0 Å². The Balaban J connectivity index is 2.44. The van der Waals surface area contributed by atoms with E-state index in [9.17, 15) is 0 Å². The molecule has 1 aromatic carbocycles. The zero-order chi connectivity index (χ0) is 13.1. The topological polar surface area (TPSA) is 51.0 Å². The predicted molar refractivity (Wildman–Crippen MR) is 73.5 cm³/mol. The number of rotatable bonds is 4. The third-order valence-corrected chi connectivity index (χ3v) is 3.77. The van der Waals surface area contributed by atoms with Crippen LogP contribution in [0.5, 0.6) is 11.5 Å². The highest BCUT2D eigenvalue weighted by molar-refractivity contribution is 7.19. The second-order valence-corrected chi connectivity index (χ2v) is 5.14. The second kappa shape index (κ2) is 5.27. The Morgan fingerprint density at radius 2 is 1.89 bits per heavy atom. The van der Waals surface area contributed by atoms with Crippen molar-refractivity contribution in [3.63, 3.8) is 0 Å². The molecule has 0 unspecified atom stereocenters. The van der Waals surface area contributed by atoms with Crippen LogP contribution in [0.15, 0.2) is 23.4 Å². The van der Waals surface area contributed by atoms with Gasteiger partial charge in [0.2, 0.25) is 0 Å². The summed E-state index contributed by atoms with van der Waals surface area (Å²) < 4.78 is 11.7. The summed E-state index contributed by atoms with van der Waals surface area (Å²) in [5.41, 5.74) is 0.695. The standard InChI is InChI=1S/C13H15NO3S/c1-8(14-15)4-10-5-9-6-11(16-2)12(17-3)7-13(9)18-10/h5-7,15H,4H2,1-3H3/b14-8-. The van der Waals surface area contributed by atoms with Crippen LogP contribution >= 0.6 is 11.3 Å². The number of thiophene rings is 1. The van der Waals surface area contributed by atoms with E-state index in [1.54, 1.807) is 32.5 Å². The summed E-state index contributed by atoms with van der Waals surface area (Å²) in [6.45, 7) is 1.80. The summed E-state index contributed by atoms with van der Waals surface area (Å²) in [6.07, 6.45) is 0.653. The maximum atomic E-state index is 8.69. The average molecular weight is 265 g/mol. The highest BCUT2D eigenvalue weighted by Crippen LogP contribution is 2.36. The summed E-state index contributed by atoms with van der Waals surface area (Å²) in [5.74, 6) is 1.45. The molecule has 1 heterocycles. The molecular weight excluding hydrogens is 250 g/mol. The Bertz CT molecular complexity index is 548. The number of nitrogens with zero attached hydrogens (tertiary/aromatic N) is 1. The molecule has 2 aromatic rings. The summed E-state index contributed by atoms with van der Waals surface area (Å²) in [4.78, 5) is 1.15. The van der Waals surface area contributed by atoms with Crippen LogP contribution in [-0.4, -0.2) is 25.1 Å². The number of hydrogen-bond donors (Lipinski definition) is 1. The molecule has 0 aliphatic carbocycles. The minimum Gasteiger partial charge on any atom is -0.493 e. The van der Waals surface area contributed by atoms with Gasteiger partial charge in [0.05, 0.1) is 19.9 Å². The minimum absolute atomic E-state index is 0.653. The van der Waals surface area contributed by atoms with E-state index in [4.69, 9.17) is 14.7 Å². The van der Waals surface area contributed by atoms with E-state index in [1.807, 2.05) is 12.1 Å². The third kappa shape index (κ3) is 2.41. The summed E-state index contributed by atoms with van der Waals surface area (Å²) in [7, 11) is 3.25. The molecule has 0 aliphatic heterocycles. The van der Waals surface area contributed by atoms with E-state index in [1.165, 1.54) is 0 Å². The fourth-order valence-electron chi connectivity index (χ4n) is 1.80. The lowest BCUT2D eigenvalue weighted by Gasteiger charge is -2.06. The largest absolute Gasteiger partial charge is 0.493 e. The molecule has 0 spiro atoms. The van der Waals surface area contributed by atoms with Crippen LogP contribution in [0.25, 0.3) is 10.1 Å². The van der Waals surface area contributed by atoms with Crippen molar-refractivity contribution in [3.05, 3.63) is 23.1 Å². The van der Waals surface area contributed by atoms with Crippen LogP contribution in [0.4, 0.5) is 0 Å². The lowest BCUT2D eigenvalue weighted by Crippen LogP contribution is -1.94. The van der Waals surface area contributed by atoms with Gasteiger partial charge in [-0.15, -0.1) is 11.3 Å². The fraction of sp³-hybridized carbons (Fsp3) is 0.308. The summed E-state index contributed by atoms with van der Waals surface area (Å²) in [5, 5.41) is 13.0. The average Bonchev–Trinajstić information content (AvgIpc) is 2.77. The van der Waals surface area contributed by atoms with Gasteiger partial charge in [-0.2, -0.15) is 0 Å². The minimum atomic E-state index is 0.653. The van der Waals surface area contributed by atoms with E-state index < -0.39 is 0 Å². The van der Waals surface area contributed by atoms with E-state index >= 15 is 0 Å². The molecule has 18 heavy (non-hydrogen) atoms. The van der Waals surface area contributed by atoms with Crippen LogP contribution in [0.1, 0.15) is 11.8 Å². The Kier molecular flexibility index (Phi) is 3.72. The van der Waals surface area contributed by atoms with Crippen molar-refractivity contribution in [2.45, 2.75) is 13.3 Å². The van der Waals surface area contributed by atoms with E-state index in [-0.39, 0.29) is 0 Å². The quantitative estimate of drug-likeness (QED) is 0.524. The van der Waals surface area contributed by atoms with Crippen LogP contribution in [0, 0.1) is 0 Å². The highest BCUT2D eigenvalue weighted by Gasteiger charge is 2.09. The molecular formula is C13H15NO3S. The maximum Gasteiger partial charge on any atom is 0.162 e. The molecule has 0 aliphatic rings. The third-order valence-electron chi connectivity index (χ3n) is 2.67. The monoisotopic (exact) mass is 265 g/mol. The van der Waals surface area contributed by atoms with Gasteiger partial charge < -0.3 is 14.7 Å². The van der Waals surface area contributed by atoms with E-state index in [0.29, 0.717) is 12.1 Å². The molecule has 0 amide bonds. The lowest BCUT2D eigenvalue weighted by molar-refractivity contribution is 0.318. The second-order valence-electron chi connectivity index (χ2n) is 3.97. The van der Waals surface area contributed by atoms with Crippen LogP contribution in [0.3, 0.4) is 0 Å². The van der Waals surface area contributed by atoms with E-state index in [2.05, 4.69) is 11.2 Å². The Hall–Kier alpha value is -1.75. The molecule has 0 bridgehead atoms. The fourth-order valence-corrected chi connectivity index (χ4v) is 2.95. The van der Waals surface area contributed by atoms with Crippen molar-refractivity contribution in [2.75, 3.05) is 14.2 Å². The zero-order valence-electron chi connectivity index (χ0n) is 10.6. The Morgan fingerprint density at radius 1 is 1.22 bits per heavy atom. The SMILES string of the molecule is COc1cc2cc(C/C(C)=N\O)sc2cc1OC. The van der Waals surface area contributed by atoms with Gasteiger partial charge in [0.15, 0.2) is 11.5 Å². The number of benzene rings is 1. The molecule has 0 radical (unpaired) electrons. The molecule has 4 nitrogen and oxygen atoms in total. The molecule has 1 N–H and O–H groups in total. The first-order valence-corrected chi connectivity index (χ1v) is 6.31. The van der Waals surface area contributed by atoms with Crippen molar-refractivity contribution >= 4 is 27.1 Å². The van der Waals surface area contributed by atoms with Crippen molar-refractivity contribution < 1.29 is 14.7 Å². The number of fused-ring (bicyclic) bond motifs is 1. The number of methoxy groups -OCH3 is 2. The highest BCUT2D eigenvalue weighted by atomic mass is 32.1. The first-order chi connectivity index (χ1) is 8.67. The van der Waals surface area contributed by atoms with Gasteiger partial charge in [0.25, 0.3) is 0 Å². The molecule has 5 heteroatoms. The molecule has 1 aromatic heterocycles. The van der Waals surface area contributed by atoms with Crippen molar-refractivity contribution in [3.8, 4) is 11.5 Å². The van der Waals surface area contributed by atoms with Crippen molar-refractivity contribution in [1.82, 2.24) is 0 Å². The number of oxime groups is 1. The van der Waals surface area contributed by atoms with Gasteiger partial charge in [-0.3, -0.25) is 0 Å². The smallest absolute Gasteiger partial charge is 0.162 e. The van der Waals surface area contributed by atoms with Gasteiger partial charge in [-0.1, -0.05) is 5.16 Å². The summed E-state index contributed by atoms with van der Waals surface area (Å²) in [6, 6.07) is 6.00. The van der Waals surface area contributed by atoms with Gasteiger partial charge in [-0.25, -0.2) is 0 Å². The molecule has 0 atom stereocenters. The first kappa shape index (κ1) is 12.7. The first-order valence-electron chi connectivity index (χ1n) is 5.50. The van der Waals surface area contributed by atoms with E-state index in [0.717, 1.165) is 26.5 Å². The number of ether oxygens (including phenoxy) is 2. The van der Waals surface area contributed by atoms with Gasteiger partial charge in [0, 0.05) is 22.1 Å². The lowest BCUT2D eigenvalue weighted by atomic mass is 10.2. The van der Waals surface area contributed by atoms with Crippen LogP contribution in [-0.2, 0) is 6.42 Å². The molecule has 96 valence electrons. The molecule has 0 saturated heterocycles. The number of hydrogen-bond acceptors (Lipinski definition) is 5. The molecule has 0 saturated carbocycles.